The monoisotopic (exact) mass is 371 g/mol. The van der Waals surface area contributed by atoms with Crippen molar-refractivity contribution in [2.45, 2.75) is 6.92 Å². The molecule has 0 unspecified atom stereocenters. The van der Waals surface area contributed by atoms with Crippen molar-refractivity contribution < 1.29 is 4.79 Å². The molecule has 1 N–H and O–H groups in total. The molecule has 27 heavy (non-hydrogen) atoms. The number of amides is 1. The van der Waals surface area contributed by atoms with E-state index in [1.54, 1.807) is 12.3 Å². The third kappa shape index (κ3) is 3.78. The van der Waals surface area contributed by atoms with Gasteiger partial charge in [-0.15, -0.1) is 0 Å². The molecular weight excluding hydrogens is 354 g/mol. The summed E-state index contributed by atoms with van der Waals surface area (Å²) in [6.07, 6.45) is 1.58. The summed E-state index contributed by atoms with van der Waals surface area (Å²) in [5, 5.41) is 3.47. The van der Waals surface area contributed by atoms with Crippen molar-refractivity contribution >= 4 is 22.4 Å². The first-order chi connectivity index (χ1) is 13.2. The van der Waals surface area contributed by atoms with Crippen LogP contribution in [-0.4, -0.2) is 15.9 Å². The fraction of sp³-hybridized carbons (Fsp3) is 0.0455. The Hall–Kier alpha value is -3.31. The highest BCUT2D eigenvalue weighted by molar-refractivity contribution is 7.19. The van der Waals surface area contributed by atoms with Gasteiger partial charge in [0.2, 0.25) is 0 Å². The van der Waals surface area contributed by atoms with Crippen LogP contribution < -0.4 is 5.32 Å². The van der Waals surface area contributed by atoms with Crippen LogP contribution in [-0.2, 0) is 0 Å². The van der Waals surface area contributed by atoms with Crippen molar-refractivity contribution in [2.75, 3.05) is 5.32 Å². The van der Waals surface area contributed by atoms with Gasteiger partial charge in [0.25, 0.3) is 5.91 Å². The zero-order chi connectivity index (χ0) is 18.6. The molecule has 4 nitrogen and oxygen atoms in total. The number of benzene rings is 2. The highest BCUT2D eigenvalue weighted by Crippen LogP contribution is 2.38. The molecule has 5 heteroatoms. The fourth-order valence-electron chi connectivity index (χ4n) is 2.72. The Morgan fingerprint density at radius 3 is 2.19 bits per heavy atom. The average Bonchev–Trinajstić information content (AvgIpc) is 3.13. The SMILES string of the molecule is Cc1ccc(C(=O)Nc2nc(-c3ccccc3)c(-c3ccccc3)s2)cn1. The third-order valence-electron chi connectivity index (χ3n) is 4.10. The van der Waals surface area contributed by atoms with E-state index >= 15 is 0 Å². The molecule has 0 aliphatic heterocycles. The molecule has 0 aliphatic rings. The van der Waals surface area contributed by atoms with E-state index < -0.39 is 0 Å². The number of nitrogens with one attached hydrogen (secondary N) is 1. The van der Waals surface area contributed by atoms with Gasteiger partial charge in [-0.1, -0.05) is 72.0 Å². The van der Waals surface area contributed by atoms with Crippen LogP contribution in [0.2, 0.25) is 0 Å². The molecule has 2 aromatic heterocycles. The van der Waals surface area contributed by atoms with E-state index in [2.05, 4.69) is 22.4 Å². The lowest BCUT2D eigenvalue weighted by Crippen LogP contribution is -2.12. The van der Waals surface area contributed by atoms with Crippen LogP contribution in [0, 0.1) is 6.92 Å². The second kappa shape index (κ2) is 7.51. The van der Waals surface area contributed by atoms with Crippen LogP contribution in [0.5, 0.6) is 0 Å². The number of pyridine rings is 1. The zero-order valence-electron chi connectivity index (χ0n) is 14.7. The van der Waals surface area contributed by atoms with E-state index in [1.165, 1.54) is 11.3 Å². The number of rotatable bonds is 4. The Kier molecular flexibility index (Phi) is 4.77. The number of hydrogen-bond donors (Lipinski definition) is 1. The Morgan fingerprint density at radius 1 is 0.889 bits per heavy atom. The van der Waals surface area contributed by atoms with Crippen LogP contribution in [0.1, 0.15) is 16.1 Å². The molecule has 4 rings (SSSR count). The Balaban J connectivity index is 1.71. The first kappa shape index (κ1) is 17.1. The van der Waals surface area contributed by atoms with Crippen molar-refractivity contribution in [3.05, 3.63) is 90.3 Å². The van der Waals surface area contributed by atoms with Crippen molar-refractivity contribution in [1.29, 1.82) is 0 Å². The van der Waals surface area contributed by atoms with Crippen LogP contribution in [0.4, 0.5) is 5.13 Å². The summed E-state index contributed by atoms with van der Waals surface area (Å²) in [5.74, 6) is -0.213. The summed E-state index contributed by atoms with van der Waals surface area (Å²) < 4.78 is 0. The van der Waals surface area contributed by atoms with Crippen molar-refractivity contribution in [3.63, 3.8) is 0 Å². The molecule has 1 amide bonds. The van der Waals surface area contributed by atoms with Gasteiger partial charge < -0.3 is 0 Å². The minimum absolute atomic E-state index is 0.213. The van der Waals surface area contributed by atoms with E-state index in [0.717, 1.165) is 27.4 Å². The molecule has 4 aromatic rings. The fourth-order valence-corrected chi connectivity index (χ4v) is 3.71. The second-order valence-corrected chi connectivity index (χ2v) is 7.07. The molecule has 0 radical (unpaired) electrons. The van der Waals surface area contributed by atoms with Gasteiger partial charge in [0.15, 0.2) is 5.13 Å². The molecule has 0 aliphatic carbocycles. The molecule has 2 aromatic carbocycles. The van der Waals surface area contributed by atoms with Gasteiger partial charge in [-0.05, 0) is 24.6 Å². The van der Waals surface area contributed by atoms with Gasteiger partial charge in [-0.2, -0.15) is 0 Å². The summed E-state index contributed by atoms with van der Waals surface area (Å²) in [5.41, 5.74) is 4.34. The van der Waals surface area contributed by atoms with Crippen molar-refractivity contribution in [3.8, 4) is 21.7 Å². The highest BCUT2D eigenvalue weighted by atomic mass is 32.1. The van der Waals surface area contributed by atoms with Crippen molar-refractivity contribution in [1.82, 2.24) is 9.97 Å². The van der Waals surface area contributed by atoms with Gasteiger partial charge in [-0.3, -0.25) is 15.1 Å². The van der Waals surface area contributed by atoms with E-state index in [9.17, 15) is 4.79 Å². The second-order valence-electron chi connectivity index (χ2n) is 6.07. The molecule has 0 spiro atoms. The predicted octanol–water partition coefficient (Wildman–Crippen LogP) is 5.43. The van der Waals surface area contributed by atoms with Crippen LogP contribution in [0.3, 0.4) is 0 Å². The number of thiazole rings is 1. The standard InChI is InChI=1S/C22H17N3OS/c1-15-12-13-18(14-23-15)21(26)25-22-24-19(16-8-4-2-5-9-16)20(27-22)17-10-6-3-7-11-17/h2-14H,1H3,(H,24,25,26). The van der Waals surface area contributed by atoms with Crippen molar-refractivity contribution in [2.24, 2.45) is 0 Å². The van der Waals surface area contributed by atoms with Crippen LogP contribution in [0.15, 0.2) is 79.0 Å². The molecule has 0 bridgehead atoms. The lowest BCUT2D eigenvalue weighted by Gasteiger charge is -2.02. The lowest BCUT2D eigenvalue weighted by molar-refractivity contribution is 0.102. The van der Waals surface area contributed by atoms with Gasteiger partial charge in [0.1, 0.15) is 0 Å². The zero-order valence-corrected chi connectivity index (χ0v) is 15.5. The molecule has 0 fully saturated rings. The quantitative estimate of drug-likeness (QED) is 0.520. The first-order valence-electron chi connectivity index (χ1n) is 8.56. The normalized spacial score (nSPS) is 10.6. The summed E-state index contributed by atoms with van der Waals surface area (Å²) in [4.78, 5) is 22.4. The lowest BCUT2D eigenvalue weighted by atomic mass is 10.1. The van der Waals surface area contributed by atoms with E-state index in [4.69, 9.17) is 4.98 Å². The third-order valence-corrected chi connectivity index (χ3v) is 5.12. The summed E-state index contributed by atoms with van der Waals surface area (Å²) in [6, 6.07) is 23.7. The summed E-state index contributed by atoms with van der Waals surface area (Å²) >= 11 is 1.47. The number of carbonyl (C=O) groups is 1. The Morgan fingerprint density at radius 2 is 1.56 bits per heavy atom. The number of aryl methyl sites for hydroxylation is 1. The predicted molar refractivity (Wildman–Crippen MR) is 110 cm³/mol. The largest absolute Gasteiger partial charge is 0.298 e. The Labute approximate surface area is 161 Å². The van der Waals surface area contributed by atoms with Gasteiger partial charge in [0.05, 0.1) is 16.1 Å². The summed E-state index contributed by atoms with van der Waals surface area (Å²) in [6.45, 7) is 1.89. The Bertz CT molecular complexity index is 1000. The molecular formula is C22H17N3OS. The number of hydrogen-bond acceptors (Lipinski definition) is 4. The number of nitrogens with zero attached hydrogens (tertiary/aromatic N) is 2. The molecule has 0 saturated carbocycles. The number of aromatic nitrogens is 2. The molecule has 0 saturated heterocycles. The van der Waals surface area contributed by atoms with Gasteiger partial charge >= 0.3 is 0 Å². The smallest absolute Gasteiger partial charge is 0.259 e. The van der Waals surface area contributed by atoms with E-state index in [1.807, 2.05) is 61.5 Å². The maximum Gasteiger partial charge on any atom is 0.259 e. The molecule has 132 valence electrons. The first-order valence-corrected chi connectivity index (χ1v) is 9.38. The maximum absolute atomic E-state index is 12.5. The molecule has 2 heterocycles. The van der Waals surface area contributed by atoms with E-state index in [0.29, 0.717) is 10.7 Å². The summed E-state index contributed by atoms with van der Waals surface area (Å²) in [7, 11) is 0. The number of anilines is 1. The van der Waals surface area contributed by atoms with Gasteiger partial charge in [0, 0.05) is 17.5 Å². The highest BCUT2D eigenvalue weighted by Gasteiger charge is 2.17. The molecule has 0 atom stereocenters. The van der Waals surface area contributed by atoms with E-state index in [-0.39, 0.29) is 5.91 Å². The van der Waals surface area contributed by atoms with Crippen LogP contribution in [0.25, 0.3) is 21.7 Å². The number of carbonyl (C=O) groups excluding carboxylic acids is 1. The average molecular weight is 371 g/mol. The topological polar surface area (TPSA) is 54.9 Å². The van der Waals surface area contributed by atoms with Crippen LogP contribution >= 0.6 is 11.3 Å². The van der Waals surface area contributed by atoms with Gasteiger partial charge in [-0.25, -0.2) is 4.98 Å². The maximum atomic E-state index is 12.5. The minimum atomic E-state index is -0.213. The minimum Gasteiger partial charge on any atom is -0.298 e.